The summed E-state index contributed by atoms with van der Waals surface area (Å²) in [5, 5.41) is 9.34. The zero-order valence-electron chi connectivity index (χ0n) is 13.6. The van der Waals surface area contributed by atoms with E-state index in [1.54, 1.807) is 18.0 Å². The summed E-state index contributed by atoms with van der Waals surface area (Å²) in [5.74, 6) is 1.61. The lowest BCUT2D eigenvalue weighted by Crippen LogP contribution is -2.41. The van der Waals surface area contributed by atoms with Crippen molar-refractivity contribution in [2.24, 2.45) is 14.1 Å². The number of hydrogen-bond donors (Lipinski definition) is 0. The van der Waals surface area contributed by atoms with E-state index in [9.17, 15) is 14.9 Å². The van der Waals surface area contributed by atoms with Gasteiger partial charge in [-0.2, -0.15) is 5.26 Å². The maximum absolute atomic E-state index is 12.2. The average molecular weight is 328 g/mol. The third kappa shape index (κ3) is 2.40. The second-order valence-electron chi connectivity index (χ2n) is 5.56. The van der Waals surface area contributed by atoms with Gasteiger partial charge in [0.1, 0.15) is 11.9 Å². The van der Waals surface area contributed by atoms with E-state index in [2.05, 4.69) is 0 Å². The number of anilines is 1. The molecule has 0 N–H and O–H groups in total. The molecule has 0 saturated carbocycles. The molecule has 1 aliphatic rings. The van der Waals surface area contributed by atoms with E-state index in [1.807, 2.05) is 18.2 Å². The van der Waals surface area contributed by atoms with Gasteiger partial charge in [0.2, 0.25) is 6.79 Å². The fourth-order valence-electron chi connectivity index (χ4n) is 2.77. The molecule has 3 rings (SSSR count). The predicted molar refractivity (Wildman–Crippen MR) is 86.3 cm³/mol. The van der Waals surface area contributed by atoms with Gasteiger partial charge in [0.15, 0.2) is 17.1 Å². The van der Waals surface area contributed by atoms with E-state index >= 15 is 0 Å². The van der Waals surface area contributed by atoms with Crippen LogP contribution in [0.25, 0.3) is 0 Å². The Hall–Kier alpha value is -3.21. The van der Waals surface area contributed by atoms with Gasteiger partial charge in [-0.1, -0.05) is 6.07 Å². The van der Waals surface area contributed by atoms with Gasteiger partial charge in [0.05, 0.1) is 0 Å². The summed E-state index contributed by atoms with van der Waals surface area (Å²) in [5.41, 5.74) is -0.249. The molecule has 124 valence electrons. The molecule has 0 fully saturated rings. The van der Waals surface area contributed by atoms with Gasteiger partial charge in [-0.15, -0.1) is 0 Å². The Morgan fingerprint density at radius 2 is 1.92 bits per heavy atom. The Balaban J connectivity index is 2.02. The van der Waals surface area contributed by atoms with Crippen molar-refractivity contribution < 1.29 is 9.47 Å². The van der Waals surface area contributed by atoms with Crippen molar-refractivity contribution in [2.45, 2.75) is 6.54 Å². The SMILES string of the molecule is CN(Cc1ccc2c(c1)OCO2)c1c(C#N)c(=O)n(C)c(=O)n1C. The fraction of sp³-hybridized carbons (Fsp3) is 0.312. The number of nitriles is 1. The van der Waals surface area contributed by atoms with Crippen molar-refractivity contribution in [3.8, 4) is 17.6 Å². The minimum atomic E-state index is -0.604. The first kappa shape index (κ1) is 15.7. The molecule has 2 aromatic rings. The molecule has 0 saturated heterocycles. The molecule has 0 atom stereocenters. The summed E-state index contributed by atoms with van der Waals surface area (Å²) >= 11 is 0. The van der Waals surface area contributed by atoms with Crippen molar-refractivity contribution in [3.05, 3.63) is 50.2 Å². The smallest absolute Gasteiger partial charge is 0.332 e. The Kier molecular flexibility index (Phi) is 3.77. The summed E-state index contributed by atoms with van der Waals surface area (Å²) in [4.78, 5) is 26.0. The van der Waals surface area contributed by atoms with E-state index in [0.717, 1.165) is 10.1 Å². The van der Waals surface area contributed by atoms with Crippen molar-refractivity contribution in [2.75, 3.05) is 18.7 Å². The average Bonchev–Trinajstić information content (AvgIpc) is 3.03. The molecule has 8 heteroatoms. The number of hydrogen-bond acceptors (Lipinski definition) is 6. The highest BCUT2D eigenvalue weighted by Gasteiger charge is 2.20. The Morgan fingerprint density at radius 3 is 2.62 bits per heavy atom. The molecule has 0 radical (unpaired) electrons. The van der Waals surface area contributed by atoms with Crippen molar-refractivity contribution in [3.63, 3.8) is 0 Å². The summed E-state index contributed by atoms with van der Waals surface area (Å²) in [6.45, 7) is 0.586. The van der Waals surface area contributed by atoms with E-state index in [4.69, 9.17) is 9.47 Å². The molecule has 0 aliphatic carbocycles. The van der Waals surface area contributed by atoms with Gasteiger partial charge in [0.25, 0.3) is 5.56 Å². The number of fused-ring (bicyclic) bond motifs is 1. The monoisotopic (exact) mass is 328 g/mol. The first-order valence-corrected chi connectivity index (χ1v) is 7.23. The van der Waals surface area contributed by atoms with Crippen LogP contribution in [0.1, 0.15) is 11.1 Å². The zero-order chi connectivity index (χ0) is 17.4. The van der Waals surface area contributed by atoms with Gasteiger partial charge >= 0.3 is 5.69 Å². The standard InChI is InChI=1S/C16H16N4O4/c1-18(8-10-4-5-12-13(6-10)24-9-23-12)14-11(7-17)15(21)20(3)16(22)19(14)2/h4-6H,8-9H2,1-3H3. The Morgan fingerprint density at radius 1 is 1.21 bits per heavy atom. The molecule has 24 heavy (non-hydrogen) atoms. The summed E-state index contributed by atoms with van der Waals surface area (Å²) in [7, 11) is 4.61. The highest BCUT2D eigenvalue weighted by atomic mass is 16.7. The van der Waals surface area contributed by atoms with Crippen molar-refractivity contribution in [1.29, 1.82) is 5.26 Å². The second-order valence-corrected chi connectivity index (χ2v) is 5.56. The van der Waals surface area contributed by atoms with Gasteiger partial charge < -0.3 is 14.4 Å². The van der Waals surface area contributed by atoms with Crippen LogP contribution >= 0.6 is 0 Å². The molecule has 0 bridgehead atoms. The Labute approximate surface area is 137 Å². The summed E-state index contributed by atoms with van der Waals surface area (Å²) in [6.07, 6.45) is 0. The number of nitrogens with zero attached hydrogens (tertiary/aromatic N) is 4. The van der Waals surface area contributed by atoms with E-state index in [1.165, 1.54) is 18.7 Å². The lowest BCUT2D eigenvalue weighted by atomic mass is 10.2. The van der Waals surface area contributed by atoms with Gasteiger partial charge in [-0.25, -0.2) is 4.79 Å². The third-order valence-corrected chi connectivity index (χ3v) is 3.96. The molecule has 8 nitrogen and oxygen atoms in total. The largest absolute Gasteiger partial charge is 0.454 e. The van der Waals surface area contributed by atoms with Crippen LogP contribution < -0.4 is 25.6 Å². The molecule has 1 aromatic heterocycles. The number of aromatic nitrogens is 2. The molecule has 0 unspecified atom stereocenters. The lowest BCUT2D eigenvalue weighted by molar-refractivity contribution is 0.174. The van der Waals surface area contributed by atoms with Crippen LogP contribution in [0.5, 0.6) is 11.5 Å². The lowest BCUT2D eigenvalue weighted by Gasteiger charge is -2.23. The topological polar surface area (TPSA) is 89.5 Å². The van der Waals surface area contributed by atoms with Crippen LogP contribution in [-0.4, -0.2) is 23.0 Å². The minimum absolute atomic E-state index is 0.0668. The molecule has 2 heterocycles. The van der Waals surface area contributed by atoms with Crippen LogP contribution in [0, 0.1) is 11.3 Å². The maximum atomic E-state index is 12.2. The number of benzene rings is 1. The fourth-order valence-corrected chi connectivity index (χ4v) is 2.77. The molecular formula is C16H16N4O4. The van der Waals surface area contributed by atoms with E-state index < -0.39 is 11.2 Å². The van der Waals surface area contributed by atoms with Crippen LogP contribution in [0.4, 0.5) is 5.82 Å². The molecule has 1 aliphatic heterocycles. The van der Waals surface area contributed by atoms with Crippen LogP contribution in [0.15, 0.2) is 27.8 Å². The quantitative estimate of drug-likeness (QED) is 0.806. The first-order valence-electron chi connectivity index (χ1n) is 7.23. The van der Waals surface area contributed by atoms with Gasteiger partial charge in [-0.05, 0) is 17.7 Å². The Bertz CT molecular complexity index is 968. The predicted octanol–water partition coefficient (Wildman–Crippen LogP) is 0.321. The van der Waals surface area contributed by atoms with Gasteiger partial charge in [0, 0.05) is 27.7 Å². The number of rotatable bonds is 3. The summed E-state index contributed by atoms with van der Waals surface area (Å²) < 4.78 is 12.8. The minimum Gasteiger partial charge on any atom is -0.454 e. The second kappa shape index (κ2) is 5.77. The van der Waals surface area contributed by atoms with E-state index in [-0.39, 0.29) is 18.2 Å². The normalized spacial score (nSPS) is 12.1. The molecular weight excluding hydrogens is 312 g/mol. The van der Waals surface area contributed by atoms with Crippen LogP contribution in [0.2, 0.25) is 0 Å². The highest BCUT2D eigenvalue weighted by Crippen LogP contribution is 2.33. The number of ether oxygens (including phenoxy) is 2. The van der Waals surface area contributed by atoms with E-state index in [0.29, 0.717) is 18.0 Å². The third-order valence-electron chi connectivity index (χ3n) is 3.96. The maximum Gasteiger partial charge on any atom is 0.332 e. The van der Waals surface area contributed by atoms with Crippen LogP contribution in [-0.2, 0) is 20.6 Å². The zero-order valence-corrected chi connectivity index (χ0v) is 13.6. The molecule has 0 amide bonds. The highest BCUT2D eigenvalue weighted by molar-refractivity contribution is 5.54. The van der Waals surface area contributed by atoms with Gasteiger partial charge in [-0.3, -0.25) is 13.9 Å². The van der Waals surface area contributed by atoms with Crippen LogP contribution in [0.3, 0.4) is 0 Å². The molecule has 1 aromatic carbocycles. The van der Waals surface area contributed by atoms with Crippen molar-refractivity contribution >= 4 is 5.82 Å². The van der Waals surface area contributed by atoms with Crippen molar-refractivity contribution in [1.82, 2.24) is 9.13 Å². The first-order chi connectivity index (χ1) is 11.4. The summed E-state index contributed by atoms with van der Waals surface area (Å²) in [6, 6.07) is 7.41. The molecule has 0 spiro atoms.